The van der Waals surface area contributed by atoms with Gasteiger partial charge in [0, 0.05) is 57.9 Å². The molecule has 4 rings (SSSR count). The summed E-state index contributed by atoms with van der Waals surface area (Å²) in [5.74, 6) is 2.14. The average molecular weight is 344 g/mol. The number of nitrogens with zero attached hydrogens (tertiary/aromatic N) is 2. The molecule has 3 atom stereocenters. The number of carbonyl (C=O) groups is 1. The van der Waals surface area contributed by atoms with Gasteiger partial charge in [0.2, 0.25) is 5.91 Å². The molecular weight excluding hydrogens is 316 g/mol. The van der Waals surface area contributed by atoms with Gasteiger partial charge in [0.1, 0.15) is 5.75 Å². The van der Waals surface area contributed by atoms with Crippen molar-refractivity contribution in [2.45, 2.75) is 18.9 Å². The highest BCUT2D eigenvalue weighted by Gasteiger charge is 2.49. The first-order chi connectivity index (χ1) is 12.1. The summed E-state index contributed by atoms with van der Waals surface area (Å²) in [6, 6.07) is 8.63. The van der Waals surface area contributed by atoms with E-state index < -0.39 is 0 Å². The molecule has 0 N–H and O–H groups in total. The molecule has 3 aliphatic rings. The van der Waals surface area contributed by atoms with Crippen LogP contribution in [-0.4, -0.2) is 62.7 Å². The smallest absolute Gasteiger partial charge is 0.226 e. The average Bonchev–Trinajstić information content (AvgIpc) is 3.00. The van der Waals surface area contributed by atoms with Crippen molar-refractivity contribution >= 4 is 5.91 Å². The first-order valence-corrected chi connectivity index (χ1v) is 9.40. The molecule has 25 heavy (non-hydrogen) atoms. The number of benzene rings is 1. The Balaban J connectivity index is 1.62. The lowest BCUT2D eigenvalue weighted by Gasteiger charge is -2.36. The predicted octanol–water partition coefficient (Wildman–Crippen LogP) is 2.18. The number of carbonyl (C=O) groups excluding carboxylic acids is 1. The molecule has 0 bridgehead atoms. The van der Waals surface area contributed by atoms with E-state index in [0.29, 0.717) is 18.6 Å². The van der Waals surface area contributed by atoms with Gasteiger partial charge in [-0.15, -0.1) is 0 Å². The Morgan fingerprint density at radius 2 is 2.00 bits per heavy atom. The molecule has 3 heterocycles. The third-order valence-corrected chi connectivity index (χ3v) is 6.01. The maximum atomic E-state index is 12.8. The molecule has 3 aliphatic heterocycles. The molecule has 5 heteroatoms. The van der Waals surface area contributed by atoms with Gasteiger partial charge in [-0.1, -0.05) is 18.2 Å². The van der Waals surface area contributed by atoms with Crippen LogP contribution >= 0.6 is 0 Å². The maximum absolute atomic E-state index is 12.8. The lowest BCUT2D eigenvalue weighted by Crippen LogP contribution is -2.37. The fraction of sp³-hybridized carbons (Fsp3) is 0.650. The van der Waals surface area contributed by atoms with Gasteiger partial charge in [-0.05, 0) is 24.8 Å². The zero-order valence-corrected chi connectivity index (χ0v) is 15.2. The summed E-state index contributed by atoms with van der Waals surface area (Å²) in [4.78, 5) is 17.1. The van der Waals surface area contributed by atoms with E-state index in [-0.39, 0.29) is 17.7 Å². The molecule has 1 aromatic rings. The Morgan fingerprint density at radius 1 is 1.24 bits per heavy atom. The van der Waals surface area contributed by atoms with Crippen LogP contribution in [0.3, 0.4) is 0 Å². The van der Waals surface area contributed by atoms with Gasteiger partial charge in [0.25, 0.3) is 0 Å². The number of para-hydroxylation sites is 1. The SMILES string of the molecule is CN(C)C(=O)[C@@H]1CN(CC2CCOCC2)[C@H]2c3ccccc3OC[C@@H]12. The van der Waals surface area contributed by atoms with Gasteiger partial charge in [-0.2, -0.15) is 0 Å². The third-order valence-electron chi connectivity index (χ3n) is 6.01. The van der Waals surface area contributed by atoms with E-state index in [1.807, 2.05) is 20.2 Å². The molecule has 0 aromatic heterocycles. The zero-order valence-electron chi connectivity index (χ0n) is 15.2. The van der Waals surface area contributed by atoms with Crippen LogP contribution in [0, 0.1) is 17.8 Å². The van der Waals surface area contributed by atoms with Crippen molar-refractivity contribution < 1.29 is 14.3 Å². The van der Waals surface area contributed by atoms with E-state index in [4.69, 9.17) is 9.47 Å². The Kier molecular flexibility index (Phi) is 4.69. The minimum Gasteiger partial charge on any atom is -0.493 e. The number of amides is 1. The summed E-state index contributed by atoms with van der Waals surface area (Å²) in [5.41, 5.74) is 1.25. The highest BCUT2D eigenvalue weighted by molar-refractivity contribution is 5.79. The fourth-order valence-corrected chi connectivity index (χ4v) is 4.71. The summed E-state index contributed by atoms with van der Waals surface area (Å²) < 4.78 is 11.5. The Morgan fingerprint density at radius 3 is 2.76 bits per heavy atom. The van der Waals surface area contributed by atoms with Crippen LogP contribution in [0.25, 0.3) is 0 Å². The van der Waals surface area contributed by atoms with E-state index in [2.05, 4.69) is 23.1 Å². The highest BCUT2D eigenvalue weighted by atomic mass is 16.5. The fourth-order valence-electron chi connectivity index (χ4n) is 4.71. The van der Waals surface area contributed by atoms with Gasteiger partial charge < -0.3 is 14.4 Å². The predicted molar refractivity (Wildman–Crippen MR) is 95.5 cm³/mol. The quantitative estimate of drug-likeness (QED) is 0.843. The van der Waals surface area contributed by atoms with Crippen molar-refractivity contribution in [2.24, 2.45) is 17.8 Å². The van der Waals surface area contributed by atoms with Crippen LogP contribution in [0.5, 0.6) is 5.75 Å². The van der Waals surface area contributed by atoms with Crippen molar-refractivity contribution in [2.75, 3.05) is 47.0 Å². The van der Waals surface area contributed by atoms with E-state index in [9.17, 15) is 4.79 Å². The van der Waals surface area contributed by atoms with Crippen LogP contribution in [0.1, 0.15) is 24.4 Å². The molecule has 2 saturated heterocycles. The van der Waals surface area contributed by atoms with E-state index in [0.717, 1.165) is 44.9 Å². The van der Waals surface area contributed by atoms with Crippen LogP contribution in [-0.2, 0) is 9.53 Å². The summed E-state index contributed by atoms with van der Waals surface area (Å²) >= 11 is 0. The molecular formula is C20H28N2O3. The van der Waals surface area contributed by atoms with E-state index in [1.165, 1.54) is 5.56 Å². The zero-order chi connectivity index (χ0) is 17.4. The molecule has 0 radical (unpaired) electrons. The molecule has 136 valence electrons. The lowest BCUT2D eigenvalue weighted by molar-refractivity contribution is -0.134. The van der Waals surface area contributed by atoms with Crippen molar-refractivity contribution in [3.63, 3.8) is 0 Å². The minimum absolute atomic E-state index is 0.0215. The van der Waals surface area contributed by atoms with Crippen molar-refractivity contribution in [1.82, 2.24) is 9.80 Å². The molecule has 0 unspecified atom stereocenters. The van der Waals surface area contributed by atoms with E-state index in [1.54, 1.807) is 4.90 Å². The number of hydrogen-bond donors (Lipinski definition) is 0. The number of hydrogen-bond acceptors (Lipinski definition) is 4. The van der Waals surface area contributed by atoms with Gasteiger partial charge >= 0.3 is 0 Å². The number of ether oxygens (including phenoxy) is 2. The topological polar surface area (TPSA) is 42.0 Å². The standard InChI is InChI=1S/C20H28N2O3/c1-21(2)20(23)16-12-22(11-14-7-9-24-10-8-14)19-15-5-3-4-6-18(15)25-13-17(16)19/h3-6,14,16-17,19H,7-13H2,1-2H3/t16-,17+,19+/m1/s1. The second-order valence-corrected chi connectivity index (χ2v) is 7.81. The lowest BCUT2D eigenvalue weighted by atomic mass is 9.84. The van der Waals surface area contributed by atoms with Crippen molar-refractivity contribution in [1.29, 1.82) is 0 Å². The Hall–Kier alpha value is -1.59. The molecule has 0 spiro atoms. The van der Waals surface area contributed by atoms with Crippen molar-refractivity contribution in [3.05, 3.63) is 29.8 Å². The second kappa shape index (κ2) is 6.96. The molecule has 1 aromatic carbocycles. The first kappa shape index (κ1) is 16.9. The minimum atomic E-state index is 0.0215. The maximum Gasteiger partial charge on any atom is 0.226 e. The Bertz CT molecular complexity index is 627. The molecule has 0 saturated carbocycles. The summed E-state index contributed by atoms with van der Waals surface area (Å²) in [5, 5.41) is 0. The second-order valence-electron chi connectivity index (χ2n) is 7.81. The third kappa shape index (κ3) is 3.15. The Labute approximate surface area is 149 Å². The van der Waals surface area contributed by atoms with E-state index >= 15 is 0 Å². The van der Waals surface area contributed by atoms with Crippen LogP contribution in [0.4, 0.5) is 0 Å². The van der Waals surface area contributed by atoms with Crippen molar-refractivity contribution in [3.8, 4) is 5.75 Å². The van der Waals surface area contributed by atoms with Gasteiger partial charge in [-0.3, -0.25) is 9.69 Å². The number of fused-ring (bicyclic) bond motifs is 3. The largest absolute Gasteiger partial charge is 0.493 e. The summed E-state index contributed by atoms with van der Waals surface area (Å²) in [7, 11) is 3.71. The van der Waals surface area contributed by atoms with Gasteiger partial charge in [0.15, 0.2) is 0 Å². The summed E-state index contributed by atoms with van der Waals surface area (Å²) in [6.45, 7) is 4.26. The number of likely N-dealkylation sites (tertiary alicyclic amines) is 1. The molecule has 1 amide bonds. The van der Waals surface area contributed by atoms with Gasteiger partial charge in [-0.25, -0.2) is 0 Å². The molecule has 2 fully saturated rings. The van der Waals surface area contributed by atoms with Gasteiger partial charge in [0.05, 0.1) is 12.5 Å². The van der Waals surface area contributed by atoms with Crippen LogP contribution in [0.15, 0.2) is 24.3 Å². The first-order valence-electron chi connectivity index (χ1n) is 9.40. The molecule has 0 aliphatic carbocycles. The highest BCUT2D eigenvalue weighted by Crippen LogP contribution is 2.48. The summed E-state index contributed by atoms with van der Waals surface area (Å²) in [6.07, 6.45) is 2.25. The van der Waals surface area contributed by atoms with Crippen LogP contribution < -0.4 is 4.74 Å². The monoisotopic (exact) mass is 344 g/mol. The molecule has 5 nitrogen and oxygen atoms in total. The normalized spacial score (nSPS) is 29.6. The number of rotatable bonds is 3. The van der Waals surface area contributed by atoms with Crippen LogP contribution in [0.2, 0.25) is 0 Å².